The van der Waals surface area contributed by atoms with E-state index in [1.54, 1.807) is 6.92 Å². The second kappa shape index (κ2) is 6.34. The van der Waals surface area contributed by atoms with Crippen molar-refractivity contribution >= 4 is 5.91 Å². The van der Waals surface area contributed by atoms with Crippen molar-refractivity contribution in [1.29, 1.82) is 0 Å². The summed E-state index contributed by atoms with van der Waals surface area (Å²) in [7, 11) is 0. The first kappa shape index (κ1) is 18.7. The van der Waals surface area contributed by atoms with Gasteiger partial charge in [-0.25, -0.2) is 4.98 Å². The Kier molecular flexibility index (Phi) is 4.93. The van der Waals surface area contributed by atoms with Crippen LogP contribution in [-0.2, 0) is 5.41 Å². The highest BCUT2D eigenvalue weighted by Crippen LogP contribution is 2.38. The minimum absolute atomic E-state index is 0.117. The molecule has 0 aromatic carbocycles. The Labute approximate surface area is 144 Å². The van der Waals surface area contributed by atoms with Crippen molar-refractivity contribution < 1.29 is 4.79 Å². The topological polar surface area (TPSA) is 74.8 Å². The lowest BCUT2D eigenvalue weighted by molar-refractivity contribution is 0.0858. The van der Waals surface area contributed by atoms with Crippen molar-refractivity contribution in [2.75, 3.05) is 0 Å². The van der Waals surface area contributed by atoms with Gasteiger partial charge in [-0.15, -0.1) is 0 Å². The van der Waals surface area contributed by atoms with E-state index in [4.69, 9.17) is 0 Å². The number of hydrogen-bond acceptors (Lipinski definition) is 3. The van der Waals surface area contributed by atoms with Gasteiger partial charge in [0, 0.05) is 11.5 Å². The maximum absolute atomic E-state index is 12.7. The molecule has 2 N–H and O–H groups in total. The molecule has 1 amide bonds. The van der Waals surface area contributed by atoms with E-state index in [2.05, 4.69) is 36.1 Å². The number of carbonyl (C=O) groups is 1. The van der Waals surface area contributed by atoms with E-state index in [-0.39, 0.29) is 28.5 Å². The fourth-order valence-electron chi connectivity index (χ4n) is 3.61. The van der Waals surface area contributed by atoms with Crippen LogP contribution in [0.1, 0.15) is 82.7 Å². The van der Waals surface area contributed by atoms with E-state index in [9.17, 15) is 9.59 Å². The van der Waals surface area contributed by atoms with Crippen LogP contribution >= 0.6 is 0 Å². The molecule has 5 heteroatoms. The van der Waals surface area contributed by atoms with Crippen LogP contribution in [0, 0.1) is 18.3 Å². The normalized spacial score (nSPS) is 23.8. The van der Waals surface area contributed by atoms with Gasteiger partial charge in [0.1, 0.15) is 11.4 Å². The second-order valence-corrected chi connectivity index (χ2v) is 9.09. The number of carbonyl (C=O) groups excluding carboxylic acids is 1. The molecule has 134 valence electrons. The molecular weight excluding hydrogens is 302 g/mol. The Morgan fingerprint density at radius 3 is 2.46 bits per heavy atom. The van der Waals surface area contributed by atoms with Crippen molar-refractivity contribution in [2.45, 2.75) is 79.2 Å². The van der Waals surface area contributed by atoms with Crippen LogP contribution in [-0.4, -0.2) is 21.9 Å². The van der Waals surface area contributed by atoms with Gasteiger partial charge in [0.25, 0.3) is 11.5 Å². The molecule has 1 aliphatic rings. The summed E-state index contributed by atoms with van der Waals surface area (Å²) in [6.45, 7) is 14.4. The Morgan fingerprint density at radius 1 is 1.33 bits per heavy atom. The number of aryl methyl sites for hydroxylation is 1. The number of aromatic amines is 1. The Balaban J connectivity index is 2.21. The monoisotopic (exact) mass is 333 g/mol. The van der Waals surface area contributed by atoms with Gasteiger partial charge < -0.3 is 10.3 Å². The predicted octanol–water partition coefficient (Wildman–Crippen LogP) is 3.32. The molecule has 1 heterocycles. The largest absolute Gasteiger partial charge is 0.349 e. The molecule has 0 radical (unpaired) electrons. The maximum atomic E-state index is 12.7. The van der Waals surface area contributed by atoms with Crippen LogP contribution in [0.15, 0.2) is 4.79 Å². The molecule has 0 spiro atoms. The molecule has 2 unspecified atom stereocenters. The van der Waals surface area contributed by atoms with Gasteiger partial charge >= 0.3 is 0 Å². The molecule has 0 aliphatic heterocycles. The van der Waals surface area contributed by atoms with E-state index in [0.29, 0.717) is 22.9 Å². The number of rotatable bonds is 2. The zero-order valence-electron chi connectivity index (χ0n) is 16.0. The third-order valence-electron chi connectivity index (χ3n) is 5.05. The summed E-state index contributed by atoms with van der Waals surface area (Å²) in [5.41, 5.74) is 0.338. The lowest BCUT2D eigenvalue weighted by atomic mass is 9.70. The average Bonchev–Trinajstić information content (AvgIpc) is 2.39. The van der Waals surface area contributed by atoms with Gasteiger partial charge in [-0.2, -0.15) is 0 Å². The highest BCUT2D eigenvalue weighted by molar-refractivity contribution is 5.95. The van der Waals surface area contributed by atoms with Crippen molar-refractivity contribution in [1.82, 2.24) is 15.3 Å². The number of amides is 1. The first-order valence-corrected chi connectivity index (χ1v) is 8.83. The van der Waals surface area contributed by atoms with E-state index >= 15 is 0 Å². The fourth-order valence-corrected chi connectivity index (χ4v) is 3.61. The maximum Gasteiger partial charge on any atom is 0.264 e. The van der Waals surface area contributed by atoms with E-state index < -0.39 is 0 Å². The second-order valence-electron chi connectivity index (χ2n) is 9.09. The lowest BCUT2D eigenvalue weighted by Gasteiger charge is -2.39. The van der Waals surface area contributed by atoms with Crippen LogP contribution in [0.3, 0.4) is 0 Å². The third kappa shape index (κ3) is 4.05. The van der Waals surface area contributed by atoms with Gasteiger partial charge in [-0.05, 0) is 37.5 Å². The molecule has 0 bridgehead atoms. The number of hydrogen-bond donors (Lipinski definition) is 2. The highest BCUT2D eigenvalue weighted by atomic mass is 16.2. The standard InChI is InChI=1S/C19H31N3O2/c1-11-10-19(6,7)9-8-13(11)21-15(23)14-12(2)20-17(18(3,4)5)22-16(14)24/h11,13H,8-10H2,1-7H3,(H,21,23)(H,20,22,24). The first-order valence-electron chi connectivity index (χ1n) is 8.83. The highest BCUT2D eigenvalue weighted by Gasteiger charge is 2.34. The quantitative estimate of drug-likeness (QED) is 0.872. The molecule has 2 rings (SSSR count). The summed E-state index contributed by atoms with van der Waals surface area (Å²) in [6, 6.07) is 0.117. The zero-order valence-corrected chi connectivity index (χ0v) is 16.0. The fraction of sp³-hybridized carbons (Fsp3) is 0.737. The molecule has 24 heavy (non-hydrogen) atoms. The minimum atomic E-state index is -0.353. The summed E-state index contributed by atoms with van der Waals surface area (Å²) < 4.78 is 0. The van der Waals surface area contributed by atoms with Crippen molar-refractivity contribution in [3.8, 4) is 0 Å². The SMILES string of the molecule is Cc1nc(C(C)(C)C)[nH]c(=O)c1C(=O)NC1CCC(C)(C)CC1C. The summed E-state index contributed by atoms with van der Waals surface area (Å²) >= 11 is 0. The van der Waals surface area contributed by atoms with Crippen LogP contribution in [0.2, 0.25) is 0 Å². The molecule has 0 saturated heterocycles. The van der Waals surface area contributed by atoms with Crippen molar-refractivity contribution in [3.63, 3.8) is 0 Å². The molecular formula is C19H31N3O2. The summed E-state index contributed by atoms with van der Waals surface area (Å²) in [5, 5.41) is 3.06. The molecule has 1 aromatic heterocycles. The number of nitrogens with zero attached hydrogens (tertiary/aromatic N) is 1. The van der Waals surface area contributed by atoms with Crippen molar-refractivity contribution in [2.24, 2.45) is 11.3 Å². The Bertz CT molecular complexity index is 683. The molecule has 1 aromatic rings. The Morgan fingerprint density at radius 2 is 1.96 bits per heavy atom. The molecule has 1 saturated carbocycles. The van der Waals surface area contributed by atoms with Crippen LogP contribution in [0.25, 0.3) is 0 Å². The van der Waals surface area contributed by atoms with Crippen LogP contribution < -0.4 is 10.9 Å². The average molecular weight is 333 g/mol. The molecule has 2 atom stereocenters. The van der Waals surface area contributed by atoms with Gasteiger partial charge in [0.2, 0.25) is 0 Å². The van der Waals surface area contributed by atoms with Gasteiger partial charge in [-0.3, -0.25) is 9.59 Å². The molecule has 5 nitrogen and oxygen atoms in total. The summed E-state index contributed by atoms with van der Waals surface area (Å²) in [6.07, 6.45) is 3.11. The lowest BCUT2D eigenvalue weighted by Crippen LogP contribution is -2.46. The van der Waals surface area contributed by atoms with Crippen LogP contribution in [0.4, 0.5) is 0 Å². The summed E-state index contributed by atoms with van der Waals surface area (Å²) in [4.78, 5) is 32.3. The van der Waals surface area contributed by atoms with E-state index in [1.165, 1.54) is 0 Å². The van der Waals surface area contributed by atoms with Crippen LogP contribution in [0.5, 0.6) is 0 Å². The van der Waals surface area contributed by atoms with E-state index in [1.807, 2.05) is 20.8 Å². The van der Waals surface area contributed by atoms with E-state index in [0.717, 1.165) is 19.3 Å². The number of H-pyrrole nitrogens is 1. The minimum Gasteiger partial charge on any atom is -0.349 e. The summed E-state index contributed by atoms with van der Waals surface area (Å²) in [5.74, 6) is 0.700. The van der Waals surface area contributed by atoms with Gasteiger partial charge in [0.05, 0.1) is 5.69 Å². The van der Waals surface area contributed by atoms with Crippen molar-refractivity contribution in [3.05, 3.63) is 27.4 Å². The zero-order chi connectivity index (χ0) is 18.3. The predicted molar refractivity (Wildman–Crippen MR) is 96.3 cm³/mol. The number of nitrogens with one attached hydrogen (secondary N) is 2. The Hall–Kier alpha value is -1.65. The van der Waals surface area contributed by atoms with Gasteiger partial charge in [-0.1, -0.05) is 41.5 Å². The smallest absolute Gasteiger partial charge is 0.264 e. The molecule has 1 fully saturated rings. The number of aromatic nitrogens is 2. The third-order valence-corrected chi connectivity index (χ3v) is 5.05. The molecule has 1 aliphatic carbocycles. The first-order chi connectivity index (χ1) is 10.9. The van der Waals surface area contributed by atoms with Gasteiger partial charge in [0.15, 0.2) is 0 Å².